The number of hydrazone groups is 1. The van der Waals surface area contributed by atoms with Gasteiger partial charge in [-0.25, -0.2) is 24.6 Å². The monoisotopic (exact) mass is 773 g/mol. The fourth-order valence-corrected chi connectivity index (χ4v) is 8.31. The number of aryl methyl sites for hydroxylation is 1. The number of carbonyl (C=O) groups is 1. The molecule has 0 spiro atoms. The van der Waals surface area contributed by atoms with Crippen molar-refractivity contribution in [3.63, 3.8) is 0 Å². The van der Waals surface area contributed by atoms with Gasteiger partial charge in [0.25, 0.3) is 10.0 Å². The number of alkyl halides is 3. The molecule has 2 unspecified atom stereocenters. The Morgan fingerprint density at radius 2 is 1.67 bits per heavy atom. The highest BCUT2D eigenvalue weighted by molar-refractivity contribution is 7.89. The van der Waals surface area contributed by atoms with Crippen LogP contribution in [0.5, 0.6) is 0 Å². The van der Waals surface area contributed by atoms with E-state index in [2.05, 4.69) is 32.1 Å². The van der Waals surface area contributed by atoms with Gasteiger partial charge >= 0.3 is 12.1 Å². The summed E-state index contributed by atoms with van der Waals surface area (Å²) in [6.07, 6.45) is 0.470. The molecule has 15 heteroatoms. The number of benzene rings is 3. The highest BCUT2D eigenvalue weighted by Gasteiger charge is 2.38. The largest absolute Gasteiger partial charge is 0.463 e. The van der Waals surface area contributed by atoms with Crippen molar-refractivity contribution in [1.82, 2.24) is 24.4 Å². The highest BCUT2D eigenvalue weighted by Crippen LogP contribution is 2.44. The lowest BCUT2D eigenvalue weighted by Gasteiger charge is -2.33. The number of fused-ring (bicyclic) bond motifs is 1. The first-order valence-electron chi connectivity index (χ1n) is 18.3. The molecule has 2 aliphatic rings. The summed E-state index contributed by atoms with van der Waals surface area (Å²) in [5.41, 5.74) is 2.93. The van der Waals surface area contributed by atoms with Crippen molar-refractivity contribution in [2.75, 3.05) is 12.4 Å². The molecule has 0 amide bonds. The summed E-state index contributed by atoms with van der Waals surface area (Å²) in [6.45, 7) is 4.04. The zero-order valence-electron chi connectivity index (χ0n) is 30.7. The third-order valence-corrected chi connectivity index (χ3v) is 11.9. The summed E-state index contributed by atoms with van der Waals surface area (Å²) < 4.78 is 74.4. The number of rotatable bonds is 11. The van der Waals surface area contributed by atoms with Crippen LogP contribution in [0.25, 0.3) is 11.2 Å². The van der Waals surface area contributed by atoms with E-state index in [4.69, 9.17) is 9.72 Å². The molecule has 3 atom stereocenters. The molecule has 55 heavy (non-hydrogen) atoms. The maximum atomic E-state index is 13.6. The van der Waals surface area contributed by atoms with Crippen molar-refractivity contribution < 1.29 is 31.1 Å². The molecule has 2 saturated carbocycles. The first-order chi connectivity index (χ1) is 26.3. The predicted molar refractivity (Wildman–Crippen MR) is 202 cm³/mol. The number of imidazole rings is 1. The van der Waals surface area contributed by atoms with Crippen LogP contribution in [0.15, 0.2) is 88.9 Å². The van der Waals surface area contributed by atoms with Gasteiger partial charge in [0.1, 0.15) is 11.3 Å². The lowest BCUT2D eigenvalue weighted by molar-refractivity contribution is -0.137. The molecule has 2 N–H and O–H groups in total. The predicted octanol–water partition coefficient (Wildman–Crippen LogP) is 7.97. The number of aromatic nitrogens is 4. The molecule has 0 bridgehead atoms. The van der Waals surface area contributed by atoms with Gasteiger partial charge in [-0.15, -0.1) is 0 Å². The number of ether oxygens (including phenoxy) is 1. The maximum absolute atomic E-state index is 13.6. The molecule has 288 valence electrons. The minimum Gasteiger partial charge on any atom is -0.463 e. The molecule has 2 aliphatic carbocycles. The van der Waals surface area contributed by atoms with Crippen LogP contribution in [0.4, 0.5) is 19.0 Å². The first kappa shape index (κ1) is 38.0. The second kappa shape index (κ2) is 15.4. The van der Waals surface area contributed by atoms with E-state index in [9.17, 15) is 26.4 Å². The van der Waals surface area contributed by atoms with Gasteiger partial charge in [0.2, 0.25) is 5.82 Å². The van der Waals surface area contributed by atoms with Gasteiger partial charge in [-0.2, -0.15) is 26.7 Å². The minimum atomic E-state index is -4.50. The molecular formula is C40H42F3N7O4S. The van der Waals surface area contributed by atoms with Crippen LogP contribution in [-0.4, -0.2) is 52.8 Å². The molecule has 7 rings (SSSR count). The number of esters is 1. The SMILES string of the molecule is COC(=O)c1nc(N[C@H](C)C2CCC2)c2c(n1)nc(C1CCC/C(=N/NS(=O)(=O)c3ccc(C)cc3)C1c1ccccc1)n2Cc1ccc(C(F)(F)F)cc1. The van der Waals surface area contributed by atoms with Crippen LogP contribution in [0.3, 0.4) is 0 Å². The first-order valence-corrected chi connectivity index (χ1v) is 19.8. The third-order valence-electron chi connectivity index (χ3n) is 10.7. The number of nitrogens with one attached hydrogen (secondary N) is 2. The molecule has 5 aromatic rings. The molecule has 2 fully saturated rings. The molecule has 11 nitrogen and oxygen atoms in total. The number of methoxy groups -OCH3 is 1. The molecule has 3 aromatic carbocycles. The Morgan fingerprint density at radius 1 is 0.964 bits per heavy atom. The zero-order chi connectivity index (χ0) is 38.9. The topological polar surface area (TPSA) is 140 Å². The van der Waals surface area contributed by atoms with Gasteiger partial charge in [0, 0.05) is 30.1 Å². The summed E-state index contributed by atoms with van der Waals surface area (Å²) in [5.74, 6) is -0.454. The second-order valence-corrected chi connectivity index (χ2v) is 16.0. The van der Waals surface area contributed by atoms with E-state index in [1.807, 2.05) is 41.8 Å². The molecule has 0 saturated heterocycles. The Kier molecular flexibility index (Phi) is 10.7. The van der Waals surface area contributed by atoms with Gasteiger partial charge in [0.15, 0.2) is 11.5 Å². The number of hydrogen-bond donors (Lipinski definition) is 2. The average molecular weight is 774 g/mol. The van der Waals surface area contributed by atoms with Gasteiger partial charge in [0.05, 0.1) is 17.6 Å². The number of nitrogens with zero attached hydrogens (tertiary/aromatic N) is 5. The van der Waals surface area contributed by atoms with E-state index in [0.717, 1.165) is 42.5 Å². The van der Waals surface area contributed by atoms with E-state index >= 15 is 0 Å². The Morgan fingerprint density at radius 3 is 2.31 bits per heavy atom. The summed E-state index contributed by atoms with van der Waals surface area (Å²) in [6, 6.07) is 21.1. The van der Waals surface area contributed by atoms with Gasteiger partial charge < -0.3 is 14.6 Å². The molecule has 2 heterocycles. The smallest absolute Gasteiger partial charge is 0.416 e. The number of hydrogen-bond acceptors (Lipinski definition) is 9. The molecule has 2 aromatic heterocycles. The van der Waals surface area contributed by atoms with Crippen molar-refractivity contribution >= 4 is 38.7 Å². The summed E-state index contributed by atoms with van der Waals surface area (Å²) in [4.78, 5) is 29.7. The van der Waals surface area contributed by atoms with Crippen LogP contribution in [0.2, 0.25) is 0 Å². The van der Waals surface area contributed by atoms with E-state index in [1.165, 1.54) is 31.4 Å². The molecule has 0 aliphatic heterocycles. The quantitative estimate of drug-likeness (QED) is 0.102. The Bertz CT molecular complexity index is 2310. The molecule has 0 radical (unpaired) electrons. The van der Waals surface area contributed by atoms with Crippen LogP contribution < -0.4 is 10.1 Å². The van der Waals surface area contributed by atoms with Crippen molar-refractivity contribution in [1.29, 1.82) is 0 Å². The van der Waals surface area contributed by atoms with Crippen LogP contribution >= 0.6 is 0 Å². The highest BCUT2D eigenvalue weighted by atomic mass is 32.2. The number of sulfonamides is 1. The normalized spacial score (nSPS) is 19.2. The van der Waals surface area contributed by atoms with Gasteiger partial charge in [-0.1, -0.05) is 66.6 Å². The zero-order valence-corrected chi connectivity index (χ0v) is 31.5. The minimum absolute atomic E-state index is 0.0118. The van der Waals surface area contributed by atoms with E-state index in [1.54, 1.807) is 12.1 Å². The fourth-order valence-electron chi connectivity index (χ4n) is 7.47. The lowest BCUT2D eigenvalue weighted by Crippen LogP contribution is -2.32. The van der Waals surface area contributed by atoms with Crippen molar-refractivity contribution in [2.24, 2.45) is 11.0 Å². The Hall–Kier alpha value is -5.31. The van der Waals surface area contributed by atoms with Crippen LogP contribution in [0.1, 0.15) is 96.0 Å². The van der Waals surface area contributed by atoms with E-state index in [0.29, 0.717) is 53.6 Å². The van der Waals surface area contributed by atoms with E-state index in [-0.39, 0.29) is 34.9 Å². The van der Waals surface area contributed by atoms with Crippen molar-refractivity contribution in [2.45, 2.75) is 87.9 Å². The number of halogens is 3. The van der Waals surface area contributed by atoms with Gasteiger partial charge in [-0.3, -0.25) is 0 Å². The lowest BCUT2D eigenvalue weighted by atomic mass is 9.73. The number of carbonyl (C=O) groups excluding carboxylic acids is 1. The van der Waals surface area contributed by atoms with Crippen molar-refractivity contribution in [3.05, 3.63) is 113 Å². The standard InChI is InChI=1S/C40H42F3N7O4S/c1-24-15-21-30(22-16-24)55(52,53)49-48-32-14-8-13-31(33(32)28-9-5-4-6-10-28)38-47-36-34(50(38)23-26-17-19-29(20-18-26)40(41,42)43)35(44-25(2)27-11-7-12-27)45-37(46-36)39(51)54-3/h4-6,9-10,15-22,25,27,31,33,49H,7-8,11-14,23H2,1-3H3,(H,44,45,46)/b48-32-/t25-,31?,33?/m1/s1. The maximum Gasteiger partial charge on any atom is 0.416 e. The van der Waals surface area contributed by atoms with Crippen molar-refractivity contribution in [3.8, 4) is 0 Å². The number of anilines is 1. The summed E-state index contributed by atoms with van der Waals surface area (Å²) in [7, 11) is -2.75. The Labute approximate surface area is 317 Å². The summed E-state index contributed by atoms with van der Waals surface area (Å²) in [5, 5.41) is 8.08. The summed E-state index contributed by atoms with van der Waals surface area (Å²) >= 11 is 0. The average Bonchev–Trinajstić information content (AvgIpc) is 3.51. The fraction of sp³-hybridized carbons (Fsp3) is 0.375. The second-order valence-electron chi connectivity index (χ2n) is 14.3. The van der Waals surface area contributed by atoms with Gasteiger partial charge in [-0.05, 0) is 87.3 Å². The third kappa shape index (κ3) is 8.07. The van der Waals surface area contributed by atoms with E-state index < -0.39 is 33.7 Å². The van der Waals surface area contributed by atoms with Crippen LogP contribution in [0, 0.1) is 12.8 Å². The molecular weight excluding hydrogens is 732 g/mol. The van der Waals surface area contributed by atoms with Crippen LogP contribution in [-0.2, 0) is 27.5 Å². The Balaban J connectivity index is 1.39.